The minimum atomic E-state index is -2.80. The SMILES string of the molecule is CC1CCN(C2CCS(=O)(=O)C2)CC1O. The van der Waals surface area contributed by atoms with Gasteiger partial charge in [0.1, 0.15) is 0 Å². The zero-order chi connectivity index (χ0) is 11.1. The molecule has 0 amide bonds. The summed E-state index contributed by atoms with van der Waals surface area (Å²) in [7, 11) is -2.80. The van der Waals surface area contributed by atoms with Gasteiger partial charge in [0.05, 0.1) is 17.6 Å². The fourth-order valence-corrected chi connectivity index (χ4v) is 4.23. The first-order valence-corrected chi connectivity index (χ1v) is 7.42. The fourth-order valence-electron chi connectivity index (χ4n) is 2.47. The van der Waals surface area contributed by atoms with Gasteiger partial charge in [-0.1, -0.05) is 6.92 Å². The molecular formula is C10H19NO3S. The lowest BCUT2D eigenvalue weighted by Crippen LogP contribution is -2.48. The number of rotatable bonds is 1. The molecular weight excluding hydrogens is 214 g/mol. The second-order valence-corrected chi connectivity index (χ2v) is 7.11. The van der Waals surface area contributed by atoms with Crippen LogP contribution in [0.1, 0.15) is 19.8 Å². The summed E-state index contributed by atoms with van der Waals surface area (Å²) in [6.45, 7) is 3.62. The van der Waals surface area contributed by atoms with Crippen LogP contribution in [0.15, 0.2) is 0 Å². The summed E-state index contributed by atoms with van der Waals surface area (Å²) in [6, 6.07) is 0.150. The Morgan fingerprint density at radius 2 is 2.07 bits per heavy atom. The smallest absolute Gasteiger partial charge is 0.151 e. The number of aliphatic hydroxyl groups excluding tert-OH is 1. The van der Waals surface area contributed by atoms with Crippen molar-refractivity contribution in [3.8, 4) is 0 Å². The van der Waals surface area contributed by atoms with Crippen LogP contribution >= 0.6 is 0 Å². The van der Waals surface area contributed by atoms with E-state index in [2.05, 4.69) is 4.90 Å². The third kappa shape index (κ3) is 2.52. The first-order valence-electron chi connectivity index (χ1n) is 5.60. The Hall–Kier alpha value is -0.130. The van der Waals surface area contributed by atoms with Crippen LogP contribution in [0.3, 0.4) is 0 Å². The molecule has 2 aliphatic heterocycles. The predicted octanol–water partition coefficient (Wildman–Crippen LogP) is -0.124. The number of hydrogen-bond acceptors (Lipinski definition) is 4. The monoisotopic (exact) mass is 233 g/mol. The lowest BCUT2D eigenvalue weighted by Gasteiger charge is -2.37. The Morgan fingerprint density at radius 3 is 2.60 bits per heavy atom. The van der Waals surface area contributed by atoms with Gasteiger partial charge in [0, 0.05) is 12.6 Å². The third-order valence-corrected chi connectivity index (χ3v) is 5.43. The molecule has 15 heavy (non-hydrogen) atoms. The van der Waals surface area contributed by atoms with Gasteiger partial charge in [-0.05, 0) is 25.3 Å². The summed E-state index contributed by atoms with van der Waals surface area (Å²) in [5.74, 6) is 0.952. The summed E-state index contributed by atoms with van der Waals surface area (Å²) in [5.41, 5.74) is 0. The Kier molecular flexibility index (Phi) is 3.05. The lowest BCUT2D eigenvalue weighted by molar-refractivity contribution is 0.0146. The topological polar surface area (TPSA) is 57.6 Å². The number of nitrogens with zero attached hydrogens (tertiary/aromatic N) is 1. The van der Waals surface area contributed by atoms with Crippen LogP contribution in [0, 0.1) is 5.92 Å². The van der Waals surface area contributed by atoms with Gasteiger partial charge in [-0.2, -0.15) is 0 Å². The Labute approximate surface area is 91.2 Å². The number of aliphatic hydroxyl groups is 1. The van der Waals surface area contributed by atoms with E-state index in [1.54, 1.807) is 0 Å². The van der Waals surface area contributed by atoms with Crippen LogP contribution in [0.4, 0.5) is 0 Å². The normalized spacial score (nSPS) is 41.9. The second-order valence-electron chi connectivity index (χ2n) is 4.89. The standard InChI is InChI=1S/C10H19NO3S/c1-8-2-4-11(6-10(8)12)9-3-5-15(13,14)7-9/h8-10,12H,2-7H2,1H3. The fraction of sp³-hybridized carbons (Fsp3) is 1.00. The molecule has 1 N–H and O–H groups in total. The van der Waals surface area contributed by atoms with E-state index in [0.29, 0.717) is 18.2 Å². The van der Waals surface area contributed by atoms with E-state index in [4.69, 9.17) is 0 Å². The van der Waals surface area contributed by atoms with Crippen LogP contribution in [0.2, 0.25) is 0 Å². The van der Waals surface area contributed by atoms with Crippen molar-refractivity contribution < 1.29 is 13.5 Å². The Bertz CT molecular complexity index is 328. The van der Waals surface area contributed by atoms with Gasteiger partial charge >= 0.3 is 0 Å². The molecule has 0 spiro atoms. The second kappa shape index (κ2) is 4.03. The van der Waals surface area contributed by atoms with Gasteiger partial charge in [0.2, 0.25) is 0 Å². The van der Waals surface area contributed by atoms with Crippen LogP contribution in [-0.2, 0) is 9.84 Å². The van der Waals surface area contributed by atoms with E-state index in [9.17, 15) is 13.5 Å². The van der Waals surface area contributed by atoms with Crippen LogP contribution in [0.25, 0.3) is 0 Å². The lowest BCUT2D eigenvalue weighted by atomic mass is 9.95. The highest BCUT2D eigenvalue weighted by Gasteiger charge is 2.35. The minimum absolute atomic E-state index is 0.150. The number of sulfone groups is 1. The van der Waals surface area contributed by atoms with Crippen molar-refractivity contribution in [2.24, 2.45) is 5.92 Å². The average molecular weight is 233 g/mol. The molecule has 2 fully saturated rings. The van der Waals surface area contributed by atoms with E-state index in [0.717, 1.165) is 19.4 Å². The first kappa shape index (κ1) is 11.4. The third-order valence-electron chi connectivity index (χ3n) is 3.67. The maximum absolute atomic E-state index is 11.3. The van der Waals surface area contributed by atoms with Crippen LogP contribution in [0.5, 0.6) is 0 Å². The predicted molar refractivity (Wildman–Crippen MR) is 58.4 cm³/mol. The van der Waals surface area contributed by atoms with E-state index >= 15 is 0 Å². The Morgan fingerprint density at radius 1 is 1.33 bits per heavy atom. The van der Waals surface area contributed by atoms with Gasteiger partial charge in [0.15, 0.2) is 9.84 Å². The first-order chi connectivity index (χ1) is 6.98. The van der Waals surface area contributed by atoms with Crippen LogP contribution in [-0.4, -0.2) is 55.2 Å². The molecule has 2 aliphatic rings. The molecule has 0 aromatic carbocycles. The van der Waals surface area contributed by atoms with E-state index in [1.165, 1.54) is 0 Å². The zero-order valence-electron chi connectivity index (χ0n) is 9.09. The molecule has 5 heteroatoms. The number of β-amino-alcohol motifs (C(OH)–C–C–N with tert-alkyl or cyclic N) is 1. The van der Waals surface area contributed by atoms with Gasteiger partial charge < -0.3 is 5.11 Å². The summed E-state index contributed by atoms with van der Waals surface area (Å²) in [6.07, 6.45) is 1.42. The number of piperidine rings is 1. The zero-order valence-corrected chi connectivity index (χ0v) is 9.91. The van der Waals surface area contributed by atoms with E-state index in [-0.39, 0.29) is 17.9 Å². The quantitative estimate of drug-likeness (QED) is 0.686. The van der Waals surface area contributed by atoms with Crippen molar-refractivity contribution in [3.05, 3.63) is 0 Å². The molecule has 0 radical (unpaired) electrons. The molecule has 2 rings (SSSR count). The molecule has 88 valence electrons. The van der Waals surface area contributed by atoms with Crippen molar-refractivity contribution >= 4 is 9.84 Å². The molecule has 2 saturated heterocycles. The van der Waals surface area contributed by atoms with Crippen LogP contribution < -0.4 is 0 Å². The summed E-state index contributed by atoms with van der Waals surface area (Å²) in [4.78, 5) is 2.15. The van der Waals surface area contributed by atoms with Gasteiger partial charge in [-0.25, -0.2) is 8.42 Å². The molecule has 3 unspecified atom stereocenters. The number of hydrogen-bond donors (Lipinski definition) is 1. The van der Waals surface area contributed by atoms with Gasteiger partial charge in [0.25, 0.3) is 0 Å². The maximum Gasteiger partial charge on any atom is 0.151 e. The summed E-state index contributed by atoms with van der Waals surface area (Å²) < 4.78 is 22.7. The molecule has 0 bridgehead atoms. The van der Waals surface area contributed by atoms with Crippen molar-refractivity contribution in [3.63, 3.8) is 0 Å². The molecule has 0 aromatic heterocycles. The van der Waals surface area contributed by atoms with Crippen molar-refractivity contribution in [2.45, 2.75) is 31.9 Å². The molecule has 0 aliphatic carbocycles. The molecule has 2 heterocycles. The highest BCUT2D eigenvalue weighted by Crippen LogP contribution is 2.24. The van der Waals surface area contributed by atoms with Gasteiger partial charge in [-0.3, -0.25) is 4.90 Å². The largest absolute Gasteiger partial charge is 0.392 e. The van der Waals surface area contributed by atoms with E-state index < -0.39 is 9.84 Å². The summed E-state index contributed by atoms with van der Waals surface area (Å²) in [5, 5.41) is 9.75. The van der Waals surface area contributed by atoms with Crippen molar-refractivity contribution in [1.29, 1.82) is 0 Å². The highest BCUT2D eigenvalue weighted by molar-refractivity contribution is 7.91. The van der Waals surface area contributed by atoms with Crippen molar-refractivity contribution in [2.75, 3.05) is 24.6 Å². The number of likely N-dealkylation sites (tertiary alicyclic amines) is 1. The molecule has 0 aromatic rings. The molecule has 4 nitrogen and oxygen atoms in total. The molecule has 3 atom stereocenters. The van der Waals surface area contributed by atoms with Gasteiger partial charge in [-0.15, -0.1) is 0 Å². The summed E-state index contributed by atoms with van der Waals surface area (Å²) >= 11 is 0. The highest BCUT2D eigenvalue weighted by atomic mass is 32.2. The van der Waals surface area contributed by atoms with Crippen molar-refractivity contribution in [1.82, 2.24) is 4.90 Å². The maximum atomic E-state index is 11.3. The average Bonchev–Trinajstić information content (AvgIpc) is 2.51. The minimum Gasteiger partial charge on any atom is -0.392 e. The Balaban J connectivity index is 1.96. The molecule has 0 saturated carbocycles. The van der Waals surface area contributed by atoms with E-state index in [1.807, 2.05) is 6.92 Å².